The van der Waals surface area contributed by atoms with Gasteiger partial charge >= 0.3 is 0 Å². The van der Waals surface area contributed by atoms with Crippen LogP contribution < -0.4 is 0 Å². The van der Waals surface area contributed by atoms with Gasteiger partial charge in [-0.25, -0.2) is 4.98 Å². The Hall–Kier alpha value is -1.72. The van der Waals surface area contributed by atoms with Crippen LogP contribution in [-0.4, -0.2) is 39.2 Å². The number of hydrogen-bond acceptors (Lipinski definition) is 3. The van der Waals surface area contributed by atoms with E-state index in [0.29, 0.717) is 5.75 Å². The van der Waals surface area contributed by atoms with Crippen molar-refractivity contribution in [1.29, 1.82) is 0 Å². The first kappa shape index (κ1) is 22.5. The first-order valence-electron chi connectivity index (χ1n) is 11.5. The van der Waals surface area contributed by atoms with E-state index >= 15 is 0 Å². The van der Waals surface area contributed by atoms with E-state index in [2.05, 4.69) is 17.6 Å². The highest BCUT2D eigenvalue weighted by atomic mass is 35.5. The molecule has 2 aliphatic rings. The Kier molecular flexibility index (Phi) is 7.78. The van der Waals surface area contributed by atoms with Gasteiger partial charge in [0.1, 0.15) is 0 Å². The van der Waals surface area contributed by atoms with Gasteiger partial charge in [0.05, 0.1) is 17.6 Å². The molecule has 1 fully saturated rings. The van der Waals surface area contributed by atoms with Crippen molar-refractivity contribution in [1.82, 2.24) is 14.5 Å². The molecule has 1 aromatic heterocycles. The number of carbonyl (C=O) groups is 1. The zero-order valence-electron chi connectivity index (χ0n) is 18.4. The molecule has 0 spiro atoms. The Morgan fingerprint density at radius 1 is 1.19 bits per heavy atom. The number of aromatic nitrogens is 2. The van der Waals surface area contributed by atoms with Crippen molar-refractivity contribution in [2.75, 3.05) is 18.8 Å². The van der Waals surface area contributed by atoms with Gasteiger partial charge in [0.15, 0.2) is 5.16 Å². The van der Waals surface area contributed by atoms with Crippen LogP contribution in [0.25, 0.3) is 11.3 Å². The predicted molar refractivity (Wildman–Crippen MR) is 130 cm³/mol. The molecule has 0 atom stereocenters. The summed E-state index contributed by atoms with van der Waals surface area (Å²) in [7, 11) is 0. The molecule has 0 bridgehead atoms. The molecule has 2 aromatic rings. The smallest absolute Gasteiger partial charge is 0.233 e. The minimum Gasteiger partial charge on any atom is -0.342 e. The minimum absolute atomic E-state index is 0.231. The summed E-state index contributed by atoms with van der Waals surface area (Å²) in [5, 5.41) is 1.67. The van der Waals surface area contributed by atoms with Crippen molar-refractivity contribution in [3.05, 3.63) is 47.1 Å². The lowest BCUT2D eigenvalue weighted by Gasteiger charge is -2.30. The van der Waals surface area contributed by atoms with Gasteiger partial charge in [-0.15, -0.1) is 0 Å². The highest BCUT2D eigenvalue weighted by Gasteiger charge is 2.21. The summed E-state index contributed by atoms with van der Waals surface area (Å²) in [6.07, 6.45) is 12.6. The first-order chi connectivity index (χ1) is 15.1. The van der Waals surface area contributed by atoms with Crippen LogP contribution in [0.15, 0.2) is 47.3 Å². The third kappa shape index (κ3) is 5.95. The number of benzene rings is 1. The normalized spacial score (nSPS) is 17.6. The summed E-state index contributed by atoms with van der Waals surface area (Å²) >= 11 is 7.67. The Morgan fingerprint density at radius 2 is 1.97 bits per heavy atom. The van der Waals surface area contributed by atoms with E-state index < -0.39 is 0 Å². The molecule has 0 saturated carbocycles. The Bertz CT molecular complexity index is 913. The fourth-order valence-corrected chi connectivity index (χ4v) is 5.44. The number of piperidine rings is 1. The molecule has 1 aromatic carbocycles. The fraction of sp³-hybridized carbons (Fsp3) is 0.520. The van der Waals surface area contributed by atoms with Crippen molar-refractivity contribution in [3.8, 4) is 11.3 Å². The Morgan fingerprint density at radius 3 is 2.68 bits per heavy atom. The number of halogens is 1. The second kappa shape index (κ2) is 10.7. The van der Waals surface area contributed by atoms with Gasteiger partial charge in [0.25, 0.3) is 0 Å². The molecule has 1 saturated heterocycles. The number of carbonyl (C=O) groups excluding carboxylic acids is 1. The van der Waals surface area contributed by atoms with E-state index in [1.165, 1.54) is 25.7 Å². The van der Waals surface area contributed by atoms with Crippen molar-refractivity contribution in [2.45, 2.75) is 63.6 Å². The third-order valence-corrected chi connectivity index (χ3v) is 7.69. The van der Waals surface area contributed by atoms with E-state index in [1.54, 1.807) is 17.3 Å². The van der Waals surface area contributed by atoms with Crippen LogP contribution >= 0.6 is 23.4 Å². The molecule has 0 N–H and O–H groups in total. The summed E-state index contributed by atoms with van der Waals surface area (Å²) in [4.78, 5) is 19.5. The van der Waals surface area contributed by atoms with E-state index in [9.17, 15) is 4.79 Å². The van der Waals surface area contributed by atoms with Crippen molar-refractivity contribution < 1.29 is 4.79 Å². The lowest BCUT2D eigenvalue weighted by Crippen LogP contribution is -2.38. The summed E-state index contributed by atoms with van der Waals surface area (Å²) in [6, 6.07) is 7.94. The maximum absolute atomic E-state index is 12.8. The summed E-state index contributed by atoms with van der Waals surface area (Å²) < 4.78 is 2.29. The maximum atomic E-state index is 12.8. The number of imidazole rings is 1. The Balaban J connectivity index is 1.48. The highest BCUT2D eigenvalue weighted by Crippen LogP contribution is 2.30. The van der Waals surface area contributed by atoms with Gasteiger partial charge in [-0.1, -0.05) is 54.1 Å². The predicted octanol–water partition coefficient (Wildman–Crippen LogP) is 6.44. The van der Waals surface area contributed by atoms with Crippen molar-refractivity contribution in [3.63, 3.8) is 0 Å². The lowest BCUT2D eigenvalue weighted by atomic mass is 9.97. The van der Waals surface area contributed by atoms with Crippen molar-refractivity contribution in [2.24, 2.45) is 5.92 Å². The van der Waals surface area contributed by atoms with Crippen LogP contribution in [0.2, 0.25) is 5.02 Å². The molecule has 1 aliphatic carbocycles. The highest BCUT2D eigenvalue weighted by molar-refractivity contribution is 7.99. The van der Waals surface area contributed by atoms with Crippen LogP contribution in [0, 0.1) is 5.92 Å². The summed E-state index contributed by atoms with van der Waals surface area (Å²) in [5.41, 5.74) is 3.75. The molecule has 31 heavy (non-hydrogen) atoms. The molecule has 4 rings (SSSR count). The maximum Gasteiger partial charge on any atom is 0.233 e. The molecule has 6 heteroatoms. The topological polar surface area (TPSA) is 38.1 Å². The fourth-order valence-electron chi connectivity index (χ4n) is 4.40. The zero-order valence-corrected chi connectivity index (χ0v) is 19.9. The van der Waals surface area contributed by atoms with Crippen LogP contribution in [0.3, 0.4) is 0 Å². The van der Waals surface area contributed by atoms with E-state index in [4.69, 9.17) is 16.6 Å². The lowest BCUT2D eigenvalue weighted by molar-refractivity contribution is -0.129. The van der Waals surface area contributed by atoms with Gasteiger partial charge in [0, 0.05) is 24.7 Å². The number of allylic oxidation sites excluding steroid dienone is 2. The number of nitrogens with zero attached hydrogens (tertiary/aromatic N) is 3. The quantitative estimate of drug-likeness (QED) is 0.354. The zero-order chi connectivity index (χ0) is 21.6. The van der Waals surface area contributed by atoms with Crippen molar-refractivity contribution >= 4 is 29.3 Å². The largest absolute Gasteiger partial charge is 0.342 e. The van der Waals surface area contributed by atoms with Gasteiger partial charge in [-0.3, -0.25) is 4.79 Å². The van der Waals surface area contributed by atoms with E-state index in [0.717, 1.165) is 66.3 Å². The second-order valence-corrected chi connectivity index (χ2v) is 10.2. The van der Waals surface area contributed by atoms with Gasteiger partial charge in [0.2, 0.25) is 5.91 Å². The van der Waals surface area contributed by atoms with Crippen LogP contribution in [0.5, 0.6) is 0 Å². The molecular weight excluding hydrogens is 426 g/mol. The summed E-state index contributed by atoms with van der Waals surface area (Å²) in [6.45, 7) is 4.94. The SMILES string of the molecule is CC1CCN(C(=O)CSc2ncc(-c3ccc(Cl)cc3)n2CCC2=CCCCC2)CC1. The van der Waals surface area contributed by atoms with Crippen LogP contribution in [-0.2, 0) is 11.3 Å². The minimum atomic E-state index is 0.231. The summed E-state index contributed by atoms with van der Waals surface area (Å²) in [5.74, 6) is 1.41. The van der Waals surface area contributed by atoms with Gasteiger partial charge < -0.3 is 9.47 Å². The molecule has 1 aliphatic heterocycles. The molecule has 4 nitrogen and oxygen atoms in total. The molecular formula is C25H32ClN3OS. The number of hydrogen-bond donors (Lipinski definition) is 0. The Labute approximate surface area is 195 Å². The number of likely N-dealkylation sites (tertiary alicyclic amines) is 1. The van der Waals surface area contributed by atoms with Crippen LogP contribution in [0.1, 0.15) is 51.9 Å². The van der Waals surface area contributed by atoms with Gasteiger partial charge in [-0.05, 0) is 68.6 Å². The average Bonchev–Trinajstić information content (AvgIpc) is 3.20. The molecule has 166 valence electrons. The average molecular weight is 458 g/mol. The van der Waals surface area contributed by atoms with Gasteiger partial charge in [-0.2, -0.15) is 0 Å². The molecule has 0 unspecified atom stereocenters. The molecule has 1 amide bonds. The molecule has 2 heterocycles. The van der Waals surface area contributed by atoms with E-state index in [-0.39, 0.29) is 5.91 Å². The standard InChI is InChI=1S/C25H32ClN3OS/c1-19-11-14-28(15-12-19)24(30)18-31-25-27-17-23(21-7-9-22(26)10-8-21)29(25)16-13-20-5-3-2-4-6-20/h5,7-10,17,19H,2-4,6,11-16,18H2,1H3. The first-order valence-corrected chi connectivity index (χ1v) is 12.9. The number of rotatable bonds is 7. The number of amides is 1. The third-order valence-electron chi connectivity index (χ3n) is 6.46. The van der Waals surface area contributed by atoms with Crippen LogP contribution in [0.4, 0.5) is 0 Å². The van der Waals surface area contributed by atoms with E-state index in [1.807, 2.05) is 35.4 Å². The number of thioether (sulfide) groups is 1. The second-order valence-electron chi connectivity index (χ2n) is 8.79. The monoisotopic (exact) mass is 457 g/mol. The molecule has 0 radical (unpaired) electrons.